The Labute approximate surface area is 104 Å². The molecule has 2 nitrogen and oxygen atoms in total. The van der Waals surface area contributed by atoms with Gasteiger partial charge in [0.1, 0.15) is 0 Å². The molecule has 0 aliphatic carbocycles. The van der Waals surface area contributed by atoms with Crippen LogP contribution in [0.3, 0.4) is 0 Å². The molecular formula is C11H14BrClO2. The number of ether oxygens (including phenoxy) is 2. The Kier molecular flexibility index (Phi) is 6.25. The van der Waals surface area contributed by atoms with Crippen LogP contribution in [0.4, 0.5) is 0 Å². The van der Waals surface area contributed by atoms with Crippen molar-refractivity contribution in [2.75, 3.05) is 25.7 Å². The Morgan fingerprint density at radius 2 is 2.07 bits per heavy atom. The van der Waals surface area contributed by atoms with Crippen LogP contribution in [0.25, 0.3) is 0 Å². The van der Waals surface area contributed by atoms with Crippen LogP contribution in [-0.4, -0.2) is 25.7 Å². The minimum Gasteiger partial charge on any atom is -0.382 e. The zero-order chi connectivity index (χ0) is 11.1. The molecule has 1 unspecified atom stereocenters. The monoisotopic (exact) mass is 292 g/mol. The van der Waals surface area contributed by atoms with Crippen LogP contribution in [0.15, 0.2) is 24.3 Å². The van der Waals surface area contributed by atoms with Crippen molar-refractivity contribution in [2.24, 2.45) is 0 Å². The number of hydrogen-bond donors (Lipinski definition) is 0. The van der Waals surface area contributed by atoms with Crippen molar-refractivity contribution in [1.82, 2.24) is 0 Å². The topological polar surface area (TPSA) is 18.5 Å². The summed E-state index contributed by atoms with van der Waals surface area (Å²) in [5.41, 5.74) is 1.01. The third-order valence-electron chi connectivity index (χ3n) is 2.00. The van der Waals surface area contributed by atoms with Gasteiger partial charge in [-0.1, -0.05) is 45.7 Å². The highest BCUT2D eigenvalue weighted by Crippen LogP contribution is 2.26. The first kappa shape index (κ1) is 13.0. The highest BCUT2D eigenvalue weighted by Gasteiger charge is 2.13. The van der Waals surface area contributed by atoms with Crippen molar-refractivity contribution in [3.63, 3.8) is 0 Å². The summed E-state index contributed by atoms with van der Waals surface area (Å²) in [4.78, 5) is 0. The van der Waals surface area contributed by atoms with Crippen LogP contribution >= 0.6 is 27.5 Å². The molecule has 0 bridgehead atoms. The van der Waals surface area contributed by atoms with E-state index < -0.39 is 0 Å². The molecule has 0 saturated carbocycles. The van der Waals surface area contributed by atoms with E-state index in [9.17, 15) is 0 Å². The van der Waals surface area contributed by atoms with Crippen LogP contribution in [-0.2, 0) is 9.47 Å². The van der Waals surface area contributed by atoms with E-state index in [-0.39, 0.29) is 6.10 Å². The predicted molar refractivity (Wildman–Crippen MR) is 65.8 cm³/mol. The molecule has 0 heterocycles. The quantitative estimate of drug-likeness (QED) is 0.591. The average Bonchev–Trinajstić information content (AvgIpc) is 2.26. The van der Waals surface area contributed by atoms with Crippen molar-refractivity contribution in [1.29, 1.82) is 0 Å². The fraction of sp³-hybridized carbons (Fsp3) is 0.455. The number of rotatable bonds is 6. The number of halogens is 2. The van der Waals surface area contributed by atoms with Gasteiger partial charge in [-0.15, -0.1) is 0 Å². The van der Waals surface area contributed by atoms with E-state index >= 15 is 0 Å². The number of hydrogen-bond acceptors (Lipinski definition) is 2. The van der Waals surface area contributed by atoms with Gasteiger partial charge in [0.25, 0.3) is 0 Å². The Morgan fingerprint density at radius 1 is 1.33 bits per heavy atom. The van der Waals surface area contributed by atoms with Gasteiger partial charge in [-0.3, -0.25) is 0 Å². The van der Waals surface area contributed by atoms with Gasteiger partial charge in [0.15, 0.2) is 0 Å². The molecule has 0 aliphatic rings. The number of benzene rings is 1. The van der Waals surface area contributed by atoms with Gasteiger partial charge < -0.3 is 9.47 Å². The van der Waals surface area contributed by atoms with Crippen LogP contribution in [0.2, 0.25) is 5.02 Å². The average molecular weight is 294 g/mol. The lowest BCUT2D eigenvalue weighted by Gasteiger charge is -2.16. The van der Waals surface area contributed by atoms with Gasteiger partial charge in [-0.25, -0.2) is 0 Å². The molecule has 1 aromatic carbocycles. The number of methoxy groups -OCH3 is 1. The van der Waals surface area contributed by atoms with Gasteiger partial charge in [-0.05, 0) is 6.07 Å². The molecule has 0 aliphatic heterocycles. The third kappa shape index (κ3) is 4.11. The largest absolute Gasteiger partial charge is 0.382 e. The van der Waals surface area contributed by atoms with Gasteiger partial charge in [0.2, 0.25) is 0 Å². The van der Waals surface area contributed by atoms with Crippen molar-refractivity contribution >= 4 is 27.5 Å². The second-order valence-electron chi connectivity index (χ2n) is 3.03. The molecule has 0 spiro atoms. The molecule has 1 rings (SSSR count). The molecule has 0 saturated heterocycles. The SMILES string of the molecule is COCCOC(CBr)c1ccccc1Cl. The van der Waals surface area contributed by atoms with Gasteiger partial charge >= 0.3 is 0 Å². The zero-order valence-corrected chi connectivity index (χ0v) is 10.9. The van der Waals surface area contributed by atoms with Crippen LogP contribution in [0.1, 0.15) is 11.7 Å². The highest BCUT2D eigenvalue weighted by atomic mass is 79.9. The summed E-state index contributed by atoms with van der Waals surface area (Å²) in [6.07, 6.45) is -0.0196. The Morgan fingerprint density at radius 3 is 2.67 bits per heavy atom. The lowest BCUT2D eigenvalue weighted by atomic mass is 10.1. The smallest absolute Gasteiger partial charge is 0.0937 e. The molecule has 0 N–H and O–H groups in total. The molecule has 15 heavy (non-hydrogen) atoms. The first-order valence-corrected chi connectivity index (χ1v) is 6.20. The van der Waals surface area contributed by atoms with E-state index in [2.05, 4.69) is 15.9 Å². The Balaban J connectivity index is 2.61. The summed E-state index contributed by atoms with van der Waals surface area (Å²) >= 11 is 9.49. The molecule has 84 valence electrons. The molecule has 4 heteroatoms. The normalized spacial score (nSPS) is 12.7. The van der Waals surface area contributed by atoms with E-state index in [1.807, 2.05) is 24.3 Å². The standard InChI is InChI=1S/C11H14BrClO2/c1-14-6-7-15-11(8-12)9-4-2-3-5-10(9)13/h2-5,11H,6-8H2,1H3. The first-order valence-electron chi connectivity index (χ1n) is 4.70. The fourth-order valence-corrected chi connectivity index (χ4v) is 2.02. The lowest BCUT2D eigenvalue weighted by molar-refractivity contribution is 0.0285. The Bertz CT molecular complexity index is 294. The van der Waals surface area contributed by atoms with Crippen LogP contribution in [0.5, 0.6) is 0 Å². The maximum atomic E-state index is 6.08. The lowest BCUT2D eigenvalue weighted by Crippen LogP contribution is -2.10. The molecule has 0 amide bonds. The van der Waals surface area contributed by atoms with Gasteiger partial charge in [0.05, 0.1) is 19.3 Å². The third-order valence-corrected chi connectivity index (χ3v) is 2.93. The van der Waals surface area contributed by atoms with E-state index in [0.717, 1.165) is 15.9 Å². The van der Waals surface area contributed by atoms with E-state index in [1.165, 1.54) is 0 Å². The molecule has 0 aromatic heterocycles. The summed E-state index contributed by atoms with van der Waals surface area (Å²) in [7, 11) is 1.65. The van der Waals surface area contributed by atoms with Gasteiger partial charge in [0, 0.05) is 23.0 Å². The van der Waals surface area contributed by atoms with Crippen molar-refractivity contribution < 1.29 is 9.47 Å². The second-order valence-corrected chi connectivity index (χ2v) is 4.08. The molecule has 0 fully saturated rings. The zero-order valence-electron chi connectivity index (χ0n) is 8.58. The maximum Gasteiger partial charge on any atom is 0.0937 e. The molecule has 1 aromatic rings. The van der Waals surface area contributed by atoms with E-state index in [4.69, 9.17) is 21.1 Å². The van der Waals surface area contributed by atoms with Crippen molar-refractivity contribution in [2.45, 2.75) is 6.10 Å². The maximum absolute atomic E-state index is 6.08. The molecular weight excluding hydrogens is 279 g/mol. The van der Waals surface area contributed by atoms with Crippen molar-refractivity contribution in [3.05, 3.63) is 34.9 Å². The van der Waals surface area contributed by atoms with Crippen LogP contribution in [0, 0.1) is 0 Å². The minimum atomic E-state index is -0.0196. The molecule has 0 radical (unpaired) electrons. The van der Waals surface area contributed by atoms with E-state index in [0.29, 0.717) is 13.2 Å². The summed E-state index contributed by atoms with van der Waals surface area (Å²) in [5, 5.41) is 1.46. The second kappa shape index (κ2) is 7.23. The highest BCUT2D eigenvalue weighted by molar-refractivity contribution is 9.09. The summed E-state index contributed by atoms with van der Waals surface area (Å²) in [6, 6.07) is 7.70. The summed E-state index contributed by atoms with van der Waals surface area (Å²) < 4.78 is 10.6. The summed E-state index contributed by atoms with van der Waals surface area (Å²) in [5.74, 6) is 0. The molecule has 1 atom stereocenters. The minimum absolute atomic E-state index is 0.0196. The van der Waals surface area contributed by atoms with Crippen LogP contribution < -0.4 is 0 Å². The summed E-state index contributed by atoms with van der Waals surface area (Å²) in [6.45, 7) is 1.16. The van der Waals surface area contributed by atoms with E-state index in [1.54, 1.807) is 7.11 Å². The number of alkyl halides is 1. The first-order chi connectivity index (χ1) is 7.29. The van der Waals surface area contributed by atoms with Crippen molar-refractivity contribution in [3.8, 4) is 0 Å². The van der Waals surface area contributed by atoms with Gasteiger partial charge in [-0.2, -0.15) is 0 Å². The fourth-order valence-electron chi connectivity index (χ4n) is 1.23. The Hall–Kier alpha value is -0.0900. The predicted octanol–water partition coefficient (Wildman–Crippen LogP) is 3.44.